The number of nitrogens with one attached hydrogen (secondary N) is 2. The van der Waals surface area contributed by atoms with Gasteiger partial charge < -0.3 is 15.4 Å². The zero-order valence-electron chi connectivity index (χ0n) is 17.0. The third-order valence-electron chi connectivity index (χ3n) is 4.96. The SMILES string of the molecule is CCCCOc1ccccc1C1C(C(=O)Nc2ccccc2)=C(C)Nc2nnnn21. The molecule has 0 spiro atoms. The summed E-state index contributed by atoms with van der Waals surface area (Å²) in [4.78, 5) is 13.3. The van der Waals surface area contributed by atoms with E-state index in [0.717, 1.165) is 29.8 Å². The van der Waals surface area contributed by atoms with Gasteiger partial charge in [0, 0.05) is 16.9 Å². The fraction of sp³-hybridized carbons (Fsp3) is 0.273. The summed E-state index contributed by atoms with van der Waals surface area (Å²) in [5.41, 5.74) is 2.78. The molecule has 1 aliphatic rings. The molecule has 1 amide bonds. The number of hydrogen-bond acceptors (Lipinski definition) is 6. The largest absolute Gasteiger partial charge is 0.493 e. The van der Waals surface area contributed by atoms with Crippen LogP contribution in [0.25, 0.3) is 0 Å². The lowest BCUT2D eigenvalue weighted by molar-refractivity contribution is -0.113. The molecule has 0 saturated heterocycles. The highest BCUT2D eigenvalue weighted by Gasteiger charge is 2.35. The van der Waals surface area contributed by atoms with Gasteiger partial charge in [-0.2, -0.15) is 4.68 Å². The second-order valence-electron chi connectivity index (χ2n) is 7.07. The van der Waals surface area contributed by atoms with Crippen LogP contribution in [0.5, 0.6) is 5.75 Å². The number of ether oxygens (including phenoxy) is 1. The molecule has 2 N–H and O–H groups in total. The summed E-state index contributed by atoms with van der Waals surface area (Å²) in [5, 5.41) is 18.1. The van der Waals surface area contributed by atoms with Crippen molar-refractivity contribution in [2.45, 2.75) is 32.7 Å². The minimum Gasteiger partial charge on any atom is -0.493 e. The topological polar surface area (TPSA) is 94.0 Å². The first-order valence-electron chi connectivity index (χ1n) is 10.0. The smallest absolute Gasteiger partial charge is 0.255 e. The first kappa shape index (κ1) is 19.6. The molecule has 1 aromatic heterocycles. The maximum absolute atomic E-state index is 13.3. The molecule has 0 radical (unpaired) electrons. The van der Waals surface area contributed by atoms with E-state index in [2.05, 4.69) is 33.1 Å². The minimum atomic E-state index is -0.516. The van der Waals surface area contributed by atoms with Crippen LogP contribution in [0.2, 0.25) is 0 Å². The molecule has 2 heterocycles. The Bertz CT molecular complexity index is 1060. The van der Waals surface area contributed by atoms with Crippen LogP contribution in [0.3, 0.4) is 0 Å². The predicted molar refractivity (Wildman–Crippen MR) is 114 cm³/mol. The van der Waals surface area contributed by atoms with Crippen LogP contribution in [0.1, 0.15) is 38.3 Å². The summed E-state index contributed by atoms with van der Waals surface area (Å²) in [5.74, 6) is 0.981. The van der Waals surface area contributed by atoms with Gasteiger partial charge in [-0.15, -0.1) is 0 Å². The molecule has 0 saturated carbocycles. The summed E-state index contributed by atoms with van der Waals surface area (Å²) < 4.78 is 7.67. The van der Waals surface area contributed by atoms with E-state index in [-0.39, 0.29) is 5.91 Å². The molecule has 3 aromatic rings. The number of carbonyl (C=O) groups is 1. The molecule has 30 heavy (non-hydrogen) atoms. The fourth-order valence-corrected chi connectivity index (χ4v) is 3.48. The van der Waals surface area contributed by atoms with Crippen LogP contribution in [0, 0.1) is 0 Å². The number of rotatable bonds is 7. The molecule has 2 aromatic carbocycles. The number of unbranched alkanes of at least 4 members (excludes halogenated alkanes) is 1. The Morgan fingerprint density at radius 1 is 1.17 bits per heavy atom. The number of aromatic nitrogens is 4. The molecule has 1 aliphatic heterocycles. The van der Waals surface area contributed by atoms with E-state index in [1.54, 1.807) is 4.68 Å². The normalized spacial score (nSPS) is 15.3. The van der Waals surface area contributed by atoms with Crippen LogP contribution in [0.4, 0.5) is 11.6 Å². The summed E-state index contributed by atoms with van der Waals surface area (Å²) in [6.07, 6.45) is 1.99. The van der Waals surface area contributed by atoms with Crippen molar-refractivity contribution < 1.29 is 9.53 Å². The Kier molecular flexibility index (Phi) is 5.74. The number of para-hydroxylation sites is 2. The zero-order chi connectivity index (χ0) is 20.9. The Morgan fingerprint density at radius 2 is 1.93 bits per heavy atom. The predicted octanol–water partition coefficient (Wildman–Crippen LogP) is 3.78. The molecule has 1 atom stereocenters. The van der Waals surface area contributed by atoms with Crippen molar-refractivity contribution in [2.24, 2.45) is 0 Å². The van der Waals surface area contributed by atoms with E-state index >= 15 is 0 Å². The average molecular weight is 404 g/mol. The Labute approximate surface area is 174 Å². The van der Waals surface area contributed by atoms with Gasteiger partial charge in [-0.05, 0) is 42.0 Å². The number of anilines is 2. The first-order chi connectivity index (χ1) is 14.7. The van der Waals surface area contributed by atoms with Crippen molar-refractivity contribution in [2.75, 3.05) is 17.2 Å². The molecule has 154 valence electrons. The monoisotopic (exact) mass is 404 g/mol. The number of carbonyl (C=O) groups excluding carboxylic acids is 1. The van der Waals surface area contributed by atoms with Gasteiger partial charge in [0.15, 0.2) is 0 Å². The van der Waals surface area contributed by atoms with Gasteiger partial charge in [-0.1, -0.05) is 54.8 Å². The standard InChI is InChI=1S/C22H24N6O2/c1-3-4-14-30-18-13-9-8-12-17(18)20-19(15(2)23-22-25-26-27-28(20)22)21(29)24-16-10-6-5-7-11-16/h5-13,20H,3-4,14H2,1-2H3,(H,24,29)(H,23,25,27). The highest BCUT2D eigenvalue weighted by atomic mass is 16.5. The van der Waals surface area contributed by atoms with Gasteiger partial charge in [-0.3, -0.25) is 4.79 Å². The zero-order valence-corrected chi connectivity index (χ0v) is 17.0. The molecular formula is C22H24N6O2. The summed E-state index contributed by atoms with van der Waals surface area (Å²) in [7, 11) is 0. The van der Waals surface area contributed by atoms with Gasteiger partial charge in [0.2, 0.25) is 5.95 Å². The van der Waals surface area contributed by atoms with Crippen molar-refractivity contribution in [1.82, 2.24) is 20.2 Å². The summed E-state index contributed by atoms with van der Waals surface area (Å²) >= 11 is 0. The minimum absolute atomic E-state index is 0.222. The Hall–Kier alpha value is -3.68. The molecule has 8 heteroatoms. The lowest BCUT2D eigenvalue weighted by atomic mass is 9.94. The number of benzene rings is 2. The molecule has 1 unspecified atom stereocenters. The van der Waals surface area contributed by atoms with Crippen molar-refractivity contribution >= 4 is 17.5 Å². The molecule has 8 nitrogen and oxygen atoms in total. The molecule has 4 rings (SSSR count). The van der Waals surface area contributed by atoms with Gasteiger partial charge >= 0.3 is 0 Å². The second kappa shape index (κ2) is 8.77. The van der Waals surface area contributed by atoms with E-state index in [9.17, 15) is 4.79 Å². The number of hydrogen-bond donors (Lipinski definition) is 2. The third-order valence-corrected chi connectivity index (χ3v) is 4.96. The van der Waals surface area contributed by atoms with Gasteiger partial charge in [0.25, 0.3) is 5.91 Å². The van der Waals surface area contributed by atoms with Crippen LogP contribution in [-0.2, 0) is 4.79 Å². The van der Waals surface area contributed by atoms with Gasteiger partial charge in [-0.25, -0.2) is 0 Å². The van der Waals surface area contributed by atoms with Crippen molar-refractivity contribution in [3.63, 3.8) is 0 Å². The molecule has 0 aliphatic carbocycles. The van der Waals surface area contributed by atoms with Crippen LogP contribution in [0.15, 0.2) is 65.9 Å². The lowest BCUT2D eigenvalue weighted by Crippen LogP contribution is -2.31. The number of amides is 1. The number of tetrazole rings is 1. The summed E-state index contributed by atoms with van der Waals surface area (Å²) in [6.45, 7) is 4.58. The quantitative estimate of drug-likeness (QED) is 0.582. The Balaban J connectivity index is 1.75. The van der Waals surface area contributed by atoms with Gasteiger partial charge in [0.05, 0.1) is 12.2 Å². The van der Waals surface area contributed by atoms with E-state index < -0.39 is 6.04 Å². The highest BCUT2D eigenvalue weighted by molar-refractivity contribution is 6.06. The van der Waals surface area contributed by atoms with Crippen molar-refractivity contribution in [1.29, 1.82) is 0 Å². The van der Waals surface area contributed by atoms with Crippen LogP contribution < -0.4 is 15.4 Å². The van der Waals surface area contributed by atoms with E-state index in [4.69, 9.17) is 4.74 Å². The Morgan fingerprint density at radius 3 is 2.73 bits per heavy atom. The van der Waals surface area contributed by atoms with Crippen LogP contribution in [-0.4, -0.2) is 32.7 Å². The highest BCUT2D eigenvalue weighted by Crippen LogP contribution is 2.38. The first-order valence-corrected chi connectivity index (χ1v) is 10.0. The molecule has 0 bridgehead atoms. The third kappa shape index (κ3) is 3.89. The summed E-state index contributed by atoms with van der Waals surface area (Å²) in [6, 6.07) is 16.6. The molecule has 0 fully saturated rings. The maximum Gasteiger partial charge on any atom is 0.255 e. The van der Waals surface area contributed by atoms with Crippen molar-refractivity contribution in [3.8, 4) is 5.75 Å². The van der Waals surface area contributed by atoms with E-state index in [1.807, 2.05) is 61.5 Å². The fourth-order valence-electron chi connectivity index (χ4n) is 3.48. The molecular weight excluding hydrogens is 380 g/mol. The second-order valence-corrected chi connectivity index (χ2v) is 7.07. The number of nitrogens with zero attached hydrogens (tertiary/aromatic N) is 4. The maximum atomic E-state index is 13.3. The van der Waals surface area contributed by atoms with Gasteiger partial charge in [0.1, 0.15) is 11.8 Å². The van der Waals surface area contributed by atoms with Crippen LogP contribution >= 0.6 is 0 Å². The van der Waals surface area contributed by atoms with E-state index in [0.29, 0.717) is 23.8 Å². The average Bonchev–Trinajstić information content (AvgIpc) is 3.22. The number of allylic oxidation sites excluding steroid dienone is 1. The number of fused-ring (bicyclic) bond motifs is 1. The lowest BCUT2D eigenvalue weighted by Gasteiger charge is -2.29. The van der Waals surface area contributed by atoms with Crippen molar-refractivity contribution in [3.05, 3.63) is 71.4 Å². The van der Waals surface area contributed by atoms with E-state index in [1.165, 1.54) is 0 Å².